The smallest absolute Gasteiger partial charge is 0.269 e. The molecular formula is C33H30N4OS. The highest BCUT2D eigenvalue weighted by Crippen LogP contribution is 2.35. The molecule has 0 spiro atoms. The second kappa shape index (κ2) is 9.95. The Morgan fingerprint density at radius 2 is 1.67 bits per heavy atom. The van der Waals surface area contributed by atoms with Gasteiger partial charge in [-0.2, -0.15) is 0 Å². The van der Waals surface area contributed by atoms with Crippen molar-refractivity contribution in [2.75, 3.05) is 20.1 Å². The molecule has 1 fully saturated rings. The molecular weight excluding hydrogens is 500 g/mol. The van der Waals surface area contributed by atoms with Crippen LogP contribution in [0.5, 0.6) is 0 Å². The second-order valence-electron chi connectivity index (χ2n) is 10.6. The van der Waals surface area contributed by atoms with Gasteiger partial charge < -0.3 is 9.88 Å². The van der Waals surface area contributed by atoms with Gasteiger partial charge in [0.25, 0.3) is 5.56 Å². The van der Waals surface area contributed by atoms with Gasteiger partial charge in [0, 0.05) is 16.5 Å². The Balaban J connectivity index is 1.27. The molecule has 1 saturated heterocycles. The minimum Gasteiger partial charge on any atom is -0.340 e. The first-order chi connectivity index (χ1) is 19.1. The molecule has 3 aromatic carbocycles. The lowest BCUT2D eigenvalue weighted by molar-refractivity contribution is 0.255. The van der Waals surface area contributed by atoms with E-state index in [0.29, 0.717) is 5.92 Å². The van der Waals surface area contributed by atoms with Crippen molar-refractivity contribution < 1.29 is 0 Å². The van der Waals surface area contributed by atoms with Gasteiger partial charge in [-0.1, -0.05) is 66.7 Å². The molecule has 0 bridgehead atoms. The minimum absolute atomic E-state index is 0.000930. The van der Waals surface area contributed by atoms with Crippen molar-refractivity contribution in [2.45, 2.75) is 24.8 Å². The van der Waals surface area contributed by atoms with E-state index in [9.17, 15) is 4.79 Å². The van der Waals surface area contributed by atoms with E-state index in [0.717, 1.165) is 56.0 Å². The number of nitrogens with zero attached hydrogens (tertiary/aromatic N) is 3. The van der Waals surface area contributed by atoms with Crippen molar-refractivity contribution in [2.24, 2.45) is 0 Å². The van der Waals surface area contributed by atoms with Crippen LogP contribution in [-0.2, 0) is 0 Å². The van der Waals surface area contributed by atoms with Crippen molar-refractivity contribution >= 4 is 32.5 Å². The predicted octanol–water partition coefficient (Wildman–Crippen LogP) is 7.05. The van der Waals surface area contributed by atoms with E-state index in [1.807, 2.05) is 53.2 Å². The quantitative estimate of drug-likeness (QED) is 0.260. The Morgan fingerprint density at radius 3 is 2.44 bits per heavy atom. The van der Waals surface area contributed by atoms with Gasteiger partial charge in [0.2, 0.25) is 0 Å². The number of aromatic amines is 1. The van der Waals surface area contributed by atoms with Gasteiger partial charge in [-0.15, -0.1) is 11.3 Å². The molecule has 1 unspecified atom stereocenters. The lowest BCUT2D eigenvalue weighted by Gasteiger charge is -2.29. The molecule has 1 aliphatic rings. The normalized spacial score (nSPS) is 15.7. The zero-order valence-corrected chi connectivity index (χ0v) is 22.7. The highest BCUT2D eigenvalue weighted by molar-refractivity contribution is 7.22. The molecule has 4 heterocycles. The third-order valence-corrected chi connectivity index (χ3v) is 9.24. The molecule has 0 amide bonds. The summed E-state index contributed by atoms with van der Waals surface area (Å²) >= 11 is 1.58. The molecule has 5 nitrogen and oxygen atoms in total. The number of fused-ring (bicyclic) bond motifs is 2. The Morgan fingerprint density at radius 1 is 0.923 bits per heavy atom. The summed E-state index contributed by atoms with van der Waals surface area (Å²) in [6, 6.07) is 31.0. The average Bonchev–Trinajstić information content (AvgIpc) is 3.61. The average molecular weight is 531 g/mol. The zero-order valence-electron chi connectivity index (χ0n) is 21.9. The van der Waals surface area contributed by atoms with Crippen molar-refractivity contribution in [3.63, 3.8) is 0 Å². The molecule has 194 valence electrons. The topological polar surface area (TPSA) is 53.9 Å². The van der Waals surface area contributed by atoms with Gasteiger partial charge >= 0.3 is 0 Å². The van der Waals surface area contributed by atoms with Crippen LogP contribution < -0.4 is 5.56 Å². The summed E-state index contributed by atoms with van der Waals surface area (Å²) in [5, 5.41) is 0.979. The molecule has 3 aromatic heterocycles. The van der Waals surface area contributed by atoms with E-state index in [2.05, 4.69) is 65.5 Å². The molecule has 1 N–H and O–H groups in total. The first kappa shape index (κ1) is 24.1. The van der Waals surface area contributed by atoms with Crippen LogP contribution in [0.2, 0.25) is 0 Å². The minimum atomic E-state index is -0.352. The summed E-state index contributed by atoms with van der Waals surface area (Å²) in [6.45, 7) is 2.32. The largest absolute Gasteiger partial charge is 0.340 e. The third kappa shape index (κ3) is 4.50. The molecule has 6 heteroatoms. The van der Waals surface area contributed by atoms with E-state index < -0.39 is 0 Å². The van der Waals surface area contributed by atoms with Crippen LogP contribution in [0.4, 0.5) is 0 Å². The van der Waals surface area contributed by atoms with E-state index in [1.54, 1.807) is 11.3 Å². The van der Waals surface area contributed by atoms with Crippen LogP contribution in [-0.4, -0.2) is 39.6 Å². The van der Waals surface area contributed by atoms with E-state index in [1.165, 1.54) is 18.4 Å². The van der Waals surface area contributed by atoms with Gasteiger partial charge in [-0.25, -0.2) is 4.98 Å². The number of H-pyrrole nitrogens is 1. The van der Waals surface area contributed by atoms with E-state index in [-0.39, 0.29) is 11.6 Å². The van der Waals surface area contributed by atoms with E-state index >= 15 is 0 Å². The number of para-hydroxylation sites is 2. The first-order valence-electron chi connectivity index (χ1n) is 13.6. The van der Waals surface area contributed by atoms with E-state index in [4.69, 9.17) is 4.98 Å². The van der Waals surface area contributed by atoms with Crippen LogP contribution in [0, 0.1) is 0 Å². The number of benzene rings is 3. The van der Waals surface area contributed by atoms with Gasteiger partial charge in [0.15, 0.2) is 0 Å². The SMILES string of the molecule is CN1CCC(c2ccc(-c3cc4ccn(C(c5ccccc5)c5nc6ccccc6[nH]5)c(=O)c4s3)cc2)CC1. The Hall–Kier alpha value is -4.00. The molecule has 0 radical (unpaired) electrons. The summed E-state index contributed by atoms with van der Waals surface area (Å²) in [6.07, 6.45) is 4.34. The van der Waals surface area contributed by atoms with Crippen LogP contribution >= 0.6 is 11.3 Å². The molecule has 0 saturated carbocycles. The standard InChI is InChI=1S/C33H30N4OS/c1-36-18-15-23(16-19-36)22-11-13-24(14-12-22)29-21-26-17-20-37(33(38)31(26)39-29)30(25-7-3-2-4-8-25)32-34-27-9-5-6-10-28(27)35-32/h2-14,17,20-21,23,30H,15-16,18-19H2,1H3,(H,34,35). The number of hydrogen-bond donors (Lipinski definition) is 1. The van der Waals surface area contributed by atoms with Crippen molar-refractivity contribution in [3.8, 4) is 10.4 Å². The fourth-order valence-electron chi connectivity index (χ4n) is 5.84. The lowest BCUT2D eigenvalue weighted by atomic mass is 9.89. The van der Waals surface area contributed by atoms with Gasteiger partial charge in [-0.05, 0) is 79.9 Å². The van der Waals surface area contributed by atoms with Crippen LogP contribution in [0.3, 0.4) is 0 Å². The molecule has 6 aromatic rings. The first-order valence-corrected chi connectivity index (χ1v) is 14.4. The summed E-state index contributed by atoms with van der Waals surface area (Å²) in [5.74, 6) is 1.39. The van der Waals surface area contributed by atoms with Gasteiger partial charge in [0.05, 0.1) is 11.0 Å². The molecule has 1 aliphatic heterocycles. The molecule has 0 aliphatic carbocycles. The fourth-order valence-corrected chi connectivity index (χ4v) is 6.93. The van der Waals surface area contributed by atoms with Crippen LogP contribution in [0.15, 0.2) is 102 Å². The maximum atomic E-state index is 14.0. The predicted molar refractivity (Wildman–Crippen MR) is 161 cm³/mol. The number of aromatic nitrogens is 3. The number of hydrogen-bond acceptors (Lipinski definition) is 4. The maximum Gasteiger partial charge on any atom is 0.269 e. The summed E-state index contributed by atoms with van der Waals surface area (Å²) < 4.78 is 2.59. The molecule has 1 atom stereocenters. The number of nitrogens with one attached hydrogen (secondary N) is 1. The maximum absolute atomic E-state index is 14.0. The van der Waals surface area contributed by atoms with Crippen molar-refractivity contribution in [1.82, 2.24) is 19.4 Å². The Kier molecular flexibility index (Phi) is 6.14. The van der Waals surface area contributed by atoms with Gasteiger partial charge in [0.1, 0.15) is 16.6 Å². The fraction of sp³-hybridized carbons (Fsp3) is 0.212. The number of imidazole rings is 1. The Bertz CT molecular complexity index is 1780. The van der Waals surface area contributed by atoms with Crippen molar-refractivity contribution in [1.29, 1.82) is 0 Å². The monoisotopic (exact) mass is 530 g/mol. The summed E-state index contributed by atoms with van der Waals surface area (Å²) in [4.78, 5) is 25.9. The number of thiophene rings is 1. The Labute approximate surface area is 231 Å². The second-order valence-corrected chi connectivity index (χ2v) is 11.6. The van der Waals surface area contributed by atoms with Crippen LogP contribution in [0.1, 0.15) is 41.8 Å². The van der Waals surface area contributed by atoms with Gasteiger partial charge in [-0.3, -0.25) is 9.36 Å². The number of piperidine rings is 1. The third-order valence-electron chi connectivity index (χ3n) is 8.05. The summed E-state index contributed by atoms with van der Waals surface area (Å²) in [7, 11) is 2.20. The highest BCUT2D eigenvalue weighted by Gasteiger charge is 2.23. The molecule has 7 rings (SSSR count). The zero-order chi connectivity index (χ0) is 26.3. The van der Waals surface area contributed by atoms with Crippen molar-refractivity contribution in [3.05, 3.63) is 124 Å². The summed E-state index contributed by atoms with van der Waals surface area (Å²) in [5.41, 5.74) is 5.46. The number of rotatable bonds is 5. The number of likely N-dealkylation sites (tertiary alicyclic amines) is 1. The van der Waals surface area contributed by atoms with Crippen LogP contribution in [0.25, 0.3) is 31.6 Å². The lowest BCUT2D eigenvalue weighted by Crippen LogP contribution is -2.29. The number of pyridine rings is 1. The molecule has 39 heavy (non-hydrogen) atoms. The highest BCUT2D eigenvalue weighted by atomic mass is 32.1.